The van der Waals surface area contributed by atoms with Gasteiger partial charge in [-0.15, -0.1) is 0 Å². The molecule has 2 rings (SSSR count). The van der Waals surface area contributed by atoms with Gasteiger partial charge >= 0.3 is 0 Å². The third-order valence-corrected chi connectivity index (χ3v) is 3.23. The number of ether oxygens (including phenoxy) is 1. The van der Waals surface area contributed by atoms with Gasteiger partial charge in [-0.2, -0.15) is 0 Å². The number of hydrogen-bond acceptors (Lipinski definition) is 4. The standard InChI is InChI=1S/C14H24N4O2/c1-3-11-8-13(20-18-11)10-17-14(15-4-2)16-9-12-6-5-7-19-12/h8,12H,3-7,9-10H2,1-2H3,(H2,15,16,17). The van der Waals surface area contributed by atoms with Gasteiger partial charge in [0.15, 0.2) is 11.7 Å². The van der Waals surface area contributed by atoms with E-state index in [9.17, 15) is 0 Å². The number of hydrogen-bond donors (Lipinski definition) is 2. The molecule has 0 aliphatic carbocycles. The summed E-state index contributed by atoms with van der Waals surface area (Å²) in [7, 11) is 0. The zero-order valence-corrected chi connectivity index (χ0v) is 12.3. The molecule has 1 atom stereocenters. The average molecular weight is 280 g/mol. The van der Waals surface area contributed by atoms with Crippen molar-refractivity contribution < 1.29 is 9.26 Å². The number of aromatic nitrogens is 1. The van der Waals surface area contributed by atoms with E-state index >= 15 is 0 Å². The van der Waals surface area contributed by atoms with E-state index in [0.29, 0.717) is 12.6 Å². The van der Waals surface area contributed by atoms with E-state index in [1.807, 2.05) is 13.0 Å². The molecule has 20 heavy (non-hydrogen) atoms. The Morgan fingerprint density at radius 3 is 3.00 bits per heavy atom. The highest BCUT2D eigenvalue weighted by Crippen LogP contribution is 2.10. The van der Waals surface area contributed by atoms with Crippen LogP contribution in [0, 0.1) is 0 Å². The molecule has 112 valence electrons. The average Bonchev–Trinajstić information content (AvgIpc) is 3.13. The highest BCUT2D eigenvalue weighted by molar-refractivity contribution is 5.79. The molecule has 6 heteroatoms. The van der Waals surface area contributed by atoms with Crippen molar-refractivity contribution in [1.82, 2.24) is 15.8 Å². The molecule has 0 amide bonds. The van der Waals surface area contributed by atoms with E-state index in [-0.39, 0.29) is 0 Å². The summed E-state index contributed by atoms with van der Waals surface area (Å²) >= 11 is 0. The first kappa shape index (κ1) is 14.8. The second-order valence-corrected chi connectivity index (χ2v) is 4.85. The Morgan fingerprint density at radius 2 is 2.35 bits per heavy atom. The Kier molecular flexibility index (Phi) is 5.86. The summed E-state index contributed by atoms with van der Waals surface area (Å²) in [6, 6.07) is 1.95. The van der Waals surface area contributed by atoms with Crippen LogP contribution in [-0.2, 0) is 17.7 Å². The van der Waals surface area contributed by atoms with Gasteiger partial charge in [0.2, 0.25) is 0 Å². The van der Waals surface area contributed by atoms with Crippen molar-refractivity contribution >= 4 is 5.96 Å². The Labute approximate surface area is 120 Å². The van der Waals surface area contributed by atoms with Gasteiger partial charge in [-0.05, 0) is 26.2 Å². The molecule has 1 aromatic rings. The summed E-state index contributed by atoms with van der Waals surface area (Å²) in [4.78, 5) is 4.50. The van der Waals surface area contributed by atoms with Gasteiger partial charge in [0.25, 0.3) is 0 Å². The number of guanidine groups is 1. The van der Waals surface area contributed by atoms with E-state index in [2.05, 4.69) is 27.7 Å². The molecule has 1 aliphatic heterocycles. The third kappa shape index (κ3) is 4.52. The van der Waals surface area contributed by atoms with Crippen molar-refractivity contribution in [2.24, 2.45) is 4.99 Å². The Hall–Kier alpha value is -1.56. The first-order chi connectivity index (χ1) is 9.81. The first-order valence-corrected chi connectivity index (χ1v) is 7.40. The lowest BCUT2D eigenvalue weighted by molar-refractivity contribution is 0.114. The quantitative estimate of drug-likeness (QED) is 0.610. The van der Waals surface area contributed by atoms with Crippen molar-refractivity contribution in [2.45, 2.75) is 45.8 Å². The third-order valence-electron chi connectivity index (χ3n) is 3.23. The maximum atomic E-state index is 5.59. The van der Waals surface area contributed by atoms with Gasteiger partial charge in [-0.1, -0.05) is 12.1 Å². The lowest BCUT2D eigenvalue weighted by Gasteiger charge is -2.14. The monoisotopic (exact) mass is 280 g/mol. The van der Waals surface area contributed by atoms with Gasteiger partial charge in [0.1, 0.15) is 6.54 Å². The summed E-state index contributed by atoms with van der Waals surface area (Å²) in [5.74, 6) is 1.58. The van der Waals surface area contributed by atoms with Gasteiger partial charge in [-0.25, -0.2) is 4.99 Å². The van der Waals surface area contributed by atoms with Crippen LogP contribution in [0.5, 0.6) is 0 Å². The van der Waals surface area contributed by atoms with Crippen LogP contribution in [0.3, 0.4) is 0 Å². The SMILES string of the molecule is CCNC(=NCc1cc(CC)no1)NCC1CCCO1. The normalized spacial score (nSPS) is 19.3. The van der Waals surface area contributed by atoms with Crippen molar-refractivity contribution in [3.8, 4) is 0 Å². The van der Waals surface area contributed by atoms with Gasteiger partial charge in [0.05, 0.1) is 11.8 Å². The predicted octanol–water partition coefficient (Wildman–Crippen LogP) is 1.47. The highest BCUT2D eigenvalue weighted by Gasteiger charge is 2.15. The minimum absolute atomic E-state index is 0.302. The lowest BCUT2D eigenvalue weighted by atomic mass is 10.2. The fourth-order valence-corrected chi connectivity index (χ4v) is 2.11. The minimum atomic E-state index is 0.302. The number of nitrogens with zero attached hydrogens (tertiary/aromatic N) is 2. The molecule has 6 nitrogen and oxygen atoms in total. The molecule has 0 aromatic carbocycles. The molecule has 1 fully saturated rings. The van der Waals surface area contributed by atoms with E-state index in [1.54, 1.807) is 0 Å². The van der Waals surface area contributed by atoms with Gasteiger partial charge in [0, 0.05) is 25.8 Å². The van der Waals surface area contributed by atoms with Crippen LogP contribution < -0.4 is 10.6 Å². The molecule has 1 unspecified atom stereocenters. The van der Waals surface area contributed by atoms with Crippen molar-refractivity contribution in [2.75, 3.05) is 19.7 Å². The van der Waals surface area contributed by atoms with Crippen LogP contribution in [-0.4, -0.2) is 36.9 Å². The van der Waals surface area contributed by atoms with Gasteiger partial charge < -0.3 is 19.9 Å². The Morgan fingerprint density at radius 1 is 1.45 bits per heavy atom. The van der Waals surface area contributed by atoms with Crippen LogP contribution in [0.2, 0.25) is 0 Å². The number of aryl methyl sites for hydroxylation is 1. The minimum Gasteiger partial charge on any atom is -0.376 e. The maximum absolute atomic E-state index is 5.59. The molecule has 0 radical (unpaired) electrons. The Balaban J connectivity index is 1.83. The summed E-state index contributed by atoms with van der Waals surface area (Å²) < 4.78 is 10.8. The first-order valence-electron chi connectivity index (χ1n) is 7.40. The molecular weight excluding hydrogens is 256 g/mol. The van der Waals surface area contributed by atoms with Crippen molar-refractivity contribution in [3.63, 3.8) is 0 Å². The summed E-state index contributed by atoms with van der Waals surface area (Å²) in [5, 5.41) is 10.5. The molecule has 1 aromatic heterocycles. The second kappa shape index (κ2) is 7.89. The van der Waals surface area contributed by atoms with E-state index in [4.69, 9.17) is 9.26 Å². The van der Waals surface area contributed by atoms with E-state index in [1.165, 1.54) is 0 Å². The van der Waals surface area contributed by atoms with Gasteiger partial charge in [-0.3, -0.25) is 0 Å². The molecule has 1 saturated heterocycles. The fraction of sp³-hybridized carbons (Fsp3) is 0.714. The largest absolute Gasteiger partial charge is 0.376 e. The summed E-state index contributed by atoms with van der Waals surface area (Å²) in [6.07, 6.45) is 3.45. The lowest BCUT2D eigenvalue weighted by Crippen LogP contribution is -2.41. The van der Waals surface area contributed by atoms with Crippen molar-refractivity contribution in [1.29, 1.82) is 0 Å². The molecule has 0 spiro atoms. The molecule has 1 aliphatic rings. The maximum Gasteiger partial charge on any atom is 0.191 e. The number of nitrogens with one attached hydrogen (secondary N) is 2. The topological polar surface area (TPSA) is 71.7 Å². The van der Waals surface area contributed by atoms with Crippen LogP contribution in [0.1, 0.15) is 38.1 Å². The fourth-order valence-electron chi connectivity index (χ4n) is 2.11. The second-order valence-electron chi connectivity index (χ2n) is 4.85. The number of rotatable bonds is 6. The summed E-state index contributed by atoms with van der Waals surface area (Å²) in [6.45, 7) is 7.09. The molecule has 0 bridgehead atoms. The van der Waals surface area contributed by atoms with Crippen LogP contribution >= 0.6 is 0 Å². The number of aliphatic imine (C=N–C) groups is 1. The van der Waals surface area contributed by atoms with E-state index < -0.39 is 0 Å². The molecule has 0 saturated carbocycles. The zero-order chi connectivity index (χ0) is 14.2. The van der Waals surface area contributed by atoms with E-state index in [0.717, 1.165) is 56.4 Å². The predicted molar refractivity (Wildman–Crippen MR) is 77.7 cm³/mol. The van der Waals surface area contributed by atoms with Crippen LogP contribution in [0.15, 0.2) is 15.6 Å². The highest BCUT2D eigenvalue weighted by atomic mass is 16.5. The van der Waals surface area contributed by atoms with Crippen LogP contribution in [0.4, 0.5) is 0 Å². The smallest absolute Gasteiger partial charge is 0.191 e. The van der Waals surface area contributed by atoms with Crippen LogP contribution in [0.25, 0.3) is 0 Å². The summed E-state index contributed by atoms with van der Waals surface area (Å²) in [5.41, 5.74) is 0.965. The molecular formula is C14H24N4O2. The molecule has 2 N–H and O–H groups in total. The molecule has 2 heterocycles. The zero-order valence-electron chi connectivity index (χ0n) is 12.3. The Bertz CT molecular complexity index is 425. The van der Waals surface area contributed by atoms with Crippen molar-refractivity contribution in [3.05, 3.63) is 17.5 Å².